The second-order valence-corrected chi connectivity index (χ2v) is 6.23. The Morgan fingerprint density at radius 1 is 0.893 bits per heavy atom. The Morgan fingerprint density at radius 3 is 2.25 bits per heavy atom. The monoisotopic (exact) mass is 376 g/mol. The molecule has 1 N–H and O–H groups in total. The van der Waals surface area contributed by atoms with E-state index in [0.717, 1.165) is 0 Å². The smallest absolute Gasteiger partial charge is 0.408 e. The molecule has 0 unspecified atom stereocenters. The van der Waals surface area contributed by atoms with Crippen LogP contribution in [0.5, 0.6) is 0 Å². The minimum Gasteiger partial charge on any atom is -0.439 e. The van der Waals surface area contributed by atoms with E-state index in [2.05, 4.69) is 22.1 Å². The first-order valence-electron chi connectivity index (χ1n) is 8.55. The Kier molecular flexibility index (Phi) is 4.73. The fourth-order valence-corrected chi connectivity index (χ4v) is 2.94. The van der Waals surface area contributed by atoms with Crippen LogP contribution < -0.4 is 5.32 Å². The highest BCUT2D eigenvalue weighted by atomic mass is 19.1. The number of amides is 1. The zero-order chi connectivity index (χ0) is 19.5. The van der Waals surface area contributed by atoms with E-state index < -0.39 is 18.2 Å². The summed E-state index contributed by atoms with van der Waals surface area (Å²) in [6.07, 6.45) is 0.403. The predicted molar refractivity (Wildman–Crippen MR) is 98.1 cm³/mol. The van der Waals surface area contributed by atoms with E-state index >= 15 is 0 Å². The second kappa shape index (κ2) is 7.49. The number of nitrogens with zero attached hydrogens (tertiary/aromatic N) is 1. The van der Waals surface area contributed by atoms with E-state index in [9.17, 15) is 13.6 Å². The van der Waals surface area contributed by atoms with Crippen molar-refractivity contribution in [2.75, 3.05) is 0 Å². The maximum atomic E-state index is 13.2. The highest BCUT2D eigenvalue weighted by Gasteiger charge is 2.37. The number of benzene rings is 2. The van der Waals surface area contributed by atoms with Crippen molar-refractivity contribution >= 4 is 6.09 Å². The van der Waals surface area contributed by atoms with E-state index in [0.29, 0.717) is 22.4 Å². The zero-order valence-electron chi connectivity index (χ0n) is 14.5. The standard InChI is InChI=1S/C22H14F2N2O2/c23-17-7-3-14(4-8-17)1-2-15-11-12-25-19(13-15)20-21(28-22(27)26-20)16-5-9-18(24)10-6-16/h3-13,20-21H,(H,26,27)/t20-,21-/m1/s1. The Hall–Kier alpha value is -3.72. The minimum absolute atomic E-state index is 0.319. The highest BCUT2D eigenvalue weighted by Crippen LogP contribution is 2.36. The zero-order valence-corrected chi connectivity index (χ0v) is 14.5. The van der Waals surface area contributed by atoms with E-state index in [1.165, 1.54) is 24.3 Å². The largest absolute Gasteiger partial charge is 0.439 e. The van der Waals surface area contributed by atoms with Crippen LogP contribution in [0, 0.1) is 23.5 Å². The van der Waals surface area contributed by atoms with Gasteiger partial charge in [0.15, 0.2) is 6.10 Å². The normalized spacial score (nSPS) is 18.0. The first-order valence-corrected chi connectivity index (χ1v) is 8.55. The molecule has 1 saturated heterocycles. The lowest BCUT2D eigenvalue weighted by molar-refractivity contribution is 0.132. The summed E-state index contributed by atoms with van der Waals surface area (Å²) in [7, 11) is 0. The van der Waals surface area contributed by atoms with Crippen LogP contribution in [0.15, 0.2) is 66.9 Å². The van der Waals surface area contributed by atoms with Gasteiger partial charge in [-0.1, -0.05) is 24.0 Å². The summed E-state index contributed by atoms with van der Waals surface area (Å²) in [6.45, 7) is 0. The third kappa shape index (κ3) is 3.84. The average Bonchev–Trinajstić information content (AvgIpc) is 3.10. The van der Waals surface area contributed by atoms with Crippen LogP contribution in [0.1, 0.15) is 34.5 Å². The number of rotatable bonds is 2. The maximum Gasteiger partial charge on any atom is 0.408 e. The molecular formula is C22H14F2N2O2. The molecule has 2 atom stereocenters. The molecule has 1 amide bonds. The highest BCUT2D eigenvalue weighted by molar-refractivity contribution is 5.71. The van der Waals surface area contributed by atoms with Crippen molar-refractivity contribution in [3.05, 3.63) is 101 Å². The fraction of sp³-hybridized carbons (Fsp3) is 0.0909. The Labute approximate surface area is 160 Å². The molecule has 6 heteroatoms. The van der Waals surface area contributed by atoms with Crippen LogP contribution in [0.4, 0.5) is 13.6 Å². The van der Waals surface area contributed by atoms with Gasteiger partial charge < -0.3 is 10.1 Å². The van der Waals surface area contributed by atoms with Gasteiger partial charge in [0.05, 0.1) is 5.69 Å². The molecule has 1 aliphatic heterocycles. The summed E-state index contributed by atoms with van der Waals surface area (Å²) in [6, 6.07) is 14.6. The molecule has 0 aliphatic carbocycles. The number of hydrogen-bond donors (Lipinski definition) is 1. The van der Waals surface area contributed by atoms with Gasteiger partial charge in [-0.15, -0.1) is 0 Å². The summed E-state index contributed by atoms with van der Waals surface area (Å²) in [4.78, 5) is 16.1. The minimum atomic E-state index is -0.624. The molecule has 28 heavy (non-hydrogen) atoms. The number of ether oxygens (including phenoxy) is 1. The topological polar surface area (TPSA) is 51.2 Å². The van der Waals surface area contributed by atoms with Gasteiger partial charge in [0.2, 0.25) is 0 Å². The van der Waals surface area contributed by atoms with Crippen LogP contribution in [-0.4, -0.2) is 11.1 Å². The number of alkyl carbamates (subject to hydrolysis) is 1. The van der Waals surface area contributed by atoms with Gasteiger partial charge in [0.1, 0.15) is 17.7 Å². The molecule has 0 bridgehead atoms. The third-order valence-corrected chi connectivity index (χ3v) is 4.30. The van der Waals surface area contributed by atoms with Crippen LogP contribution in [0.3, 0.4) is 0 Å². The lowest BCUT2D eigenvalue weighted by Crippen LogP contribution is -2.20. The molecule has 0 saturated carbocycles. The van der Waals surface area contributed by atoms with Gasteiger partial charge in [0, 0.05) is 17.3 Å². The Morgan fingerprint density at radius 2 is 1.54 bits per heavy atom. The van der Waals surface area contributed by atoms with Gasteiger partial charge in [0.25, 0.3) is 0 Å². The van der Waals surface area contributed by atoms with Crippen LogP contribution in [0.2, 0.25) is 0 Å². The lowest BCUT2D eigenvalue weighted by atomic mass is 9.99. The van der Waals surface area contributed by atoms with Crippen molar-refractivity contribution in [2.45, 2.75) is 12.1 Å². The summed E-state index contributed by atoms with van der Waals surface area (Å²) in [5.74, 6) is 5.28. The van der Waals surface area contributed by atoms with E-state index in [1.54, 1.807) is 42.6 Å². The number of hydrogen-bond acceptors (Lipinski definition) is 3. The molecule has 3 aromatic rings. The molecule has 2 heterocycles. The van der Waals surface area contributed by atoms with Crippen molar-refractivity contribution in [3.63, 3.8) is 0 Å². The number of aromatic nitrogens is 1. The molecule has 0 spiro atoms. The molecule has 4 nitrogen and oxygen atoms in total. The molecule has 1 aliphatic rings. The van der Waals surface area contributed by atoms with Gasteiger partial charge in [-0.05, 0) is 54.1 Å². The molecule has 138 valence electrons. The van der Waals surface area contributed by atoms with Gasteiger partial charge in [-0.2, -0.15) is 0 Å². The fourth-order valence-electron chi connectivity index (χ4n) is 2.94. The molecule has 1 aromatic heterocycles. The Bertz CT molecular complexity index is 1070. The van der Waals surface area contributed by atoms with Crippen LogP contribution in [-0.2, 0) is 4.74 Å². The van der Waals surface area contributed by atoms with Crippen LogP contribution in [0.25, 0.3) is 0 Å². The quantitative estimate of drug-likeness (QED) is 0.679. The van der Waals surface area contributed by atoms with Gasteiger partial charge in [-0.25, -0.2) is 13.6 Å². The van der Waals surface area contributed by atoms with E-state index in [-0.39, 0.29) is 11.6 Å². The molecule has 4 rings (SSSR count). The molecule has 2 aromatic carbocycles. The summed E-state index contributed by atoms with van der Waals surface area (Å²) in [5, 5.41) is 2.73. The average molecular weight is 376 g/mol. The van der Waals surface area contributed by atoms with Crippen LogP contribution >= 0.6 is 0 Å². The molecular weight excluding hydrogens is 362 g/mol. The summed E-state index contributed by atoms with van der Waals surface area (Å²) in [5.41, 5.74) is 2.61. The van der Waals surface area contributed by atoms with Crippen molar-refractivity contribution < 1.29 is 18.3 Å². The summed E-state index contributed by atoms with van der Waals surface area (Å²) >= 11 is 0. The first kappa shape index (κ1) is 17.7. The van der Waals surface area contributed by atoms with E-state index in [1.807, 2.05) is 0 Å². The maximum absolute atomic E-state index is 13.2. The van der Waals surface area contributed by atoms with Crippen molar-refractivity contribution in [2.24, 2.45) is 0 Å². The van der Waals surface area contributed by atoms with Gasteiger partial charge in [-0.3, -0.25) is 4.98 Å². The number of pyridine rings is 1. The lowest BCUT2D eigenvalue weighted by Gasteiger charge is -2.17. The first-order chi connectivity index (χ1) is 13.6. The van der Waals surface area contributed by atoms with Crippen molar-refractivity contribution in [1.82, 2.24) is 10.3 Å². The SMILES string of the molecule is O=C1N[C@H](c2cc(C#Cc3ccc(F)cc3)ccn2)[C@@H](c2ccc(F)cc2)O1. The number of nitrogens with one attached hydrogen (secondary N) is 1. The number of carbonyl (C=O) groups is 1. The Balaban J connectivity index is 1.61. The second-order valence-electron chi connectivity index (χ2n) is 6.23. The summed E-state index contributed by atoms with van der Waals surface area (Å²) < 4.78 is 31.5. The number of carbonyl (C=O) groups excluding carboxylic acids is 1. The number of cyclic esters (lactones) is 1. The van der Waals surface area contributed by atoms with Gasteiger partial charge >= 0.3 is 6.09 Å². The third-order valence-electron chi connectivity index (χ3n) is 4.30. The molecule has 1 fully saturated rings. The predicted octanol–water partition coefficient (Wildman–Crippen LogP) is 4.28. The number of halogens is 2. The van der Waals surface area contributed by atoms with Crippen molar-refractivity contribution in [1.29, 1.82) is 0 Å². The molecule has 0 radical (unpaired) electrons. The van der Waals surface area contributed by atoms with E-state index in [4.69, 9.17) is 4.74 Å². The van der Waals surface area contributed by atoms with Crippen molar-refractivity contribution in [3.8, 4) is 11.8 Å².